The first kappa shape index (κ1) is 14.4. The molecule has 0 bridgehead atoms. The molecule has 0 aliphatic carbocycles. The summed E-state index contributed by atoms with van der Waals surface area (Å²) >= 11 is 17.5. The van der Waals surface area contributed by atoms with Crippen molar-refractivity contribution in [1.82, 2.24) is 5.32 Å². The van der Waals surface area contributed by atoms with Gasteiger partial charge in [-0.3, -0.25) is 0 Å². The van der Waals surface area contributed by atoms with Crippen molar-refractivity contribution in [2.45, 2.75) is 12.5 Å². The summed E-state index contributed by atoms with van der Waals surface area (Å²) in [5, 5.41) is 6.88. The van der Waals surface area contributed by atoms with Gasteiger partial charge in [0, 0.05) is 20.4 Å². The first-order chi connectivity index (χ1) is 8.61. The molecular weight excluding hydrogens is 353 g/mol. The second-order valence-electron chi connectivity index (χ2n) is 3.91. The molecule has 0 saturated carbocycles. The van der Waals surface area contributed by atoms with E-state index in [0.717, 1.165) is 31.4 Å². The van der Waals surface area contributed by atoms with Gasteiger partial charge in [0.15, 0.2) is 0 Å². The van der Waals surface area contributed by atoms with Crippen molar-refractivity contribution < 1.29 is 0 Å². The van der Waals surface area contributed by atoms with Crippen LogP contribution in [0.3, 0.4) is 0 Å². The van der Waals surface area contributed by atoms with Gasteiger partial charge in [-0.25, -0.2) is 0 Å². The van der Waals surface area contributed by atoms with E-state index in [1.807, 2.05) is 36.7 Å². The highest BCUT2D eigenvalue weighted by Crippen LogP contribution is 2.32. The molecule has 0 amide bonds. The molecule has 0 fully saturated rings. The fourth-order valence-electron chi connectivity index (χ4n) is 1.79. The molecule has 1 aromatic carbocycles. The van der Waals surface area contributed by atoms with E-state index in [-0.39, 0.29) is 6.04 Å². The van der Waals surface area contributed by atoms with Crippen molar-refractivity contribution in [2.24, 2.45) is 0 Å². The van der Waals surface area contributed by atoms with Crippen molar-refractivity contribution in [1.29, 1.82) is 0 Å². The van der Waals surface area contributed by atoms with Crippen LogP contribution in [0.1, 0.15) is 16.5 Å². The fraction of sp³-hybridized carbons (Fsp3) is 0.231. The molecule has 1 heterocycles. The average Bonchev–Trinajstić information content (AvgIpc) is 2.75. The minimum absolute atomic E-state index is 0.191. The summed E-state index contributed by atoms with van der Waals surface area (Å²) in [6, 6.07) is 8.08. The van der Waals surface area contributed by atoms with Crippen LogP contribution in [0.4, 0.5) is 0 Å². The number of hydrogen-bond acceptors (Lipinski definition) is 2. The molecule has 1 aromatic heterocycles. The highest BCUT2D eigenvalue weighted by Gasteiger charge is 2.16. The molecule has 1 nitrogen and oxygen atoms in total. The van der Waals surface area contributed by atoms with Crippen molar-refractivity contribution in [2.75, 3.05) is 7.05 Å². The molecular formula is C13H12BrCl2NS. The second-order valence-corrected chi connectivity index (χ2v) is 6.59. The van der Waals surface area contributed by atoms with Crippen LogP contribution in [-0.4, -0.2) is 7.05 Å². The Balaban J connectivity index is 2.23. The molecule has 0 aliphatic rings. The molecule has 5 heteroatoms. The number of hydrogen-bond donors (Lipinski definition) is 1. The maximum atomic E-state index is 6.24. The van der Waals surface area contributed by atoms with Crippen molar-refractivity contribution in [3.8, 4) is 0 Å². The van der Waals surface area contributed by atoms with Crippen molar-refractivity contribution >= 4 is 50.5 Å². The number of benzene rings is 1. The Labute approximate surface area is 129 Å². The maximum absolute atomic E-state index is 6.24. The van der Waals surface area contributed by atoms with E-state index in [4.69, 9.17) is 23.2 Å². The van der Waals surface area contributed by atoms with Crippen LogP contribution in [0.5, 0.6) is 0 Å². The second kappa shape index (κ2) is 6.40. The Hall–Kier alpha value is -0.0600. The summed E-state index contributed by atoms with van der Waals surface area (Å²) in [6.07, 6.45) is 0.822. The smallest absolute Gasteiger partial charge is 0.0561 e. The Bertz CT molecular complexity index is 542. The SMILES string of the molecule is CNC(Cc1ccc(Br)cc1Cl)c1sccc1Cl. The van der Waals surface area contributed by atoms with Crippen LogP contribution in [0.2, 0.25) is 10.0 Å². The van der Waals surface area contributed by atoms with Gasteiger partial charge in [0.25, 0.3) is 0 Å². The molecule has 0 spiro atoms. The van der Waals surface area contributed by atoms with Crippen LogP contribution in [0.25, 0.3) is 0 Å². The zero-order valence-electron chi connectivity index (χ0n) is 9.71. The molecule has 18 heavy (non-hydrogen) atoms. The first-order valence-corrected chi connectivity index (χ1v) is 7.88. The number of halogens is 3. The maximum Gasteiger partial charge on any atom is 0.0561 e. The van der Waals surface area contributed by atoms with Crippen molar-refractivity contribution in [3.05, 3.63) is 54.6 Å². The van der Waals surface area contributed by atoms with Gasteiger partial charge in [-0.05, 0) is 42.6 Å². The van der Waals surface area contributed by atoms with E-state index in [1.165, 1.54) is 0 Å². The van der Waals surface area contributed by atoms with Crippen LogP contribution in [-0.2, 0) is 6.42 Å². The predicted molar refractivity (Wildman–Crippen MR) is 84.0 cm³/mol. The van der Waals surface area contributed by atoms with E-state index < -0.39 is 0 Å². The Morgan fingerprint density at radius 2 is 2.06 bits per heavy atom. The van der Waals surface area contributed by atoms with E-state index in [0.29, 0.717) is 0 Å². The molecule has 0 saturated heterocycles. The van der Waals surface area contributed by atoms with Crippen LogP contribution in [0, 0.1) is 0 Å². The number of nitrogens with one attached hydrogen (secondary N) is 1. The zero-order chi connectivity index (χ0) is 13.1. The van der Waals surface area contributed by atoms with Gasteiger partial charge in [0.05, 0.1) is 5.02 Å². The topological polar surface area (TPSA) is 12.0 Å². The Morgan fingerprint density at radius 1 is 1.28 bits per heavy atom. The molecule has 96 valence electrons. The third-order valence-electron chi connectivity index (χ3n) is 2.75. The number of likely N-dealkylation sites (N-methyl/N-ethyl adjacent to an activating group) is 1. The van der Waals surface area contributed by atoms with E-state index in [2.05, 4.69) is 21.2 Å². The number of thiophene rings is 1. The van der Waals surface area contributed by atoms with Gasteiger partial charge < -0.3 is 5.32 Å². The fourth-order valence-corrected chi connectivity index (χ4v) is 3.84. The van der Waals surface area contributed by atoms with E-state index >= 15 is 0 Å². The highest BCUT2D eigenvalue weighted by atomic mass is 79.9. The standard InChI is InChI=1S/C13H12BrCl2NS/c1-17-12(13-10(15)4-5-18-13)6-8-2-3-9(14)7-11(8)16/h2-5,7,12,17H,6H2,1H3. The third kappa shape index (κ3) is 3.28. The average molecular weight is 365 g/mol. The van der Waals surface area contributed by atoms with E-state index in [1.54, 1.807) is 11.3 Å². The monoisotopic (exact) mass is 363 g/mol. The van der Waals surface area contributed by atoms with Crippen LogP contribution in [0.15, 0.2) is 34.1 Å². The van der Waals surface area contributed by atoms with Gasteiger partial charge in [0.1, 0.15) is 0 Å². The van der Waals surface area contributed by atoms with Gasteiger partial charge in [0.2, 0.25) is 0 Å². The Kier molecular flexibility index (Phi) is 5.10. The highest BCUT2D eigenvalue weighted by molar-refractivity contribution is 9.10. The van der Waals surface area contributed by atoms with Crippen molar-refractivity contribution in [3.63, 3.8) is 0 Å². The summed E-state index contributed by atoms with van der Waals surface area (Å²) in [5.41, 5.74) is 1.11. The summed E-state index contributed by atoms with van der Waals surface area (Å²) in [7, 11) is 1.94. The zero-order valence-corrected chi connectivity index (χ0v) is 13.6. The lowest BCUT2D eigenvalue weighted by molar-refractivity contribution is 0.602. The molecule has 2 aromatic rings. The quantitative estimate of drug-likeness (QED) is 0.773. The summed E-state index contributed by atoms with van der Waals surface area (Å²) < 4.78 is 0.992. The summed E-state index contributed by atoms with van der Waals surface area (Å²) in [5.74, 6) is 0. The molecule has 0 aliphatic heterocycles. The molecule has 1 unspecified atom stereocenters. The third-order valence-corrected chi connectivity index (χ3v) is 5.07. The van der Waals surface area contributed by atoms with Crippen LogP contribution >= 0.6 is 50.5 Å². The molecule has 1 atom stereocenters. The predicted octanol–water partition coefficient (Wildman–Crippen LogP) is 5.32. The van der Waals surface area contributed by atoms with E-state index in [9.17, 15) is 0 Å². The lowest BCUT2D eigenvalue weighted by atomic mass is 10.0. The minimum atomic E-state index is 0.191. The largest absolute Gasteiger partial charge is 0.312 e. The summed E-state index contributed by atoms with van der Waals surface area (Å²) in [6.45, 7) is 0. The first-order valence-electron chi connectivity index (χ1n) is 5.46. The van der Waals surface area contributed by atoms with Crippen LogP contribution < -0.4 is 5.32 Å². The Morgan fingerprint density at radius 3 is 2.61 bits per heavy atom. The lowest BCUT2D eigenvalue weighted by Crippen LogP contribution is -2.18. The molecule has 1 N–H and O–H groups in total. The minimum Gasteiger partial charge on any atom is -0.312 e. The van der Waals surface area contributed by atoms with Gasteiger partial charge in [-0.2, -0.15) is 0 Å². The lowest BCUT2D eigenvalue weighted by Gasteiger charge is -2.16. The number of rotatable bonds is 4. The van der Waals surface area contributed by atoms with Gasteiger partial charge in [-0.15, -0.1) is 11.3 Å². The molecule has 0 radical (unpaired) electrons. The van der Waals surface area contributed by atoms with Gasteiger partial charge in [-0.1, -0.05) is 45.2 Å². The van der Waals surface area contributed by atoms with Gasteiger partial charge >= 0.3 is 0 Å². The summed E-state index contributed by atoms with van der Waals surface area (Å²) in [4.78, 5) is 1.15. The normalized spacial score (nSPS) is 12.7. The molecule has 2 rings (SSSR count).